The summed E-state index contributed by atoms with van der Waals surface area (Å²) in [5, 5.41) is 18.1. The second-order valence-corrected chi connectivity index (χ2v) is 11.7. The molecule has 3 heterocycles. The molecule has 2 atom stereocenters. The Morgan fingerprint density at radius 2 is 1.91 bits per heavy atom. The Morgan fingerprint density at radius 3 is 2.57 bits per heavy atom. The van der Waals surface area contributed by atoms with E-state index in [1.165, 1.54) is 0 Å². The molecule has 188 valence electrons. The number of aliphatic hydroxyl groups is 1. The fraction of sp³-hybridized carbons (Fsp3) is 0.600. The third-order valence-corrected chi connectivity index (χ3v) is 8.33. The molecule has 2 saturated carbocycles. The molecule has 0 saturated heterocycles. The zero-order valence-corrected chi connectivity index (χ0v) is 21.3. The van der Waals surface area contributed by atoms with E-state index in [4.69, 9.17) is 9.97 Å². The number of aromatic nitrogens is 4. The maximum Gasteiger partial charge on any atom is 0.248 e. The summed E-state index contributed by atoms with van der Waals surface area (Å²) in [5.74, 6) is -1.29. The molecule has 3 aromatic heterocycles. The van der Waals surface area contributed by atoms with Gasteiger partial charge >= 0.3 is 0 Å². The van der Waals surface area contributed by atoms with E-state index in [-0.39, 0.29) is 30.7 Å². The molecule has 0 radical (unpaired) electrons. The van der Waals surface area contributed by atoms with E-state index in [2.05, 4.69) is 20.6 Å². The first-order valence-electron chi connectivity index (χ1n) is 12.2. The summed E-state index contributed by atoms with van der Waals surface area (Å²) >= 11 is 1.58. The minimum atomic E-state index is -2.54. The number of halogens is 2. The first-order chi connectivity index (χ1) is 16.5. The zero-order valence-electron chi connectivity index (χ0n) is 20.5. The topological polar surface area (TPSA) is 95.9 Å². The Hall–Kier alpha value is -2.46. The maximum absolute atomic E-state index is 13.2. The van der Waals surface area contributed by atoms with Crippen LogP contribution in [-0.4, -0.2) is 49.2 Å². The number of nitrogens with one attached hydrogen (secondary N) is 2. The molecule has 0 spiro atoms. The Labute approximate surface area is 207 Å². The highest BCUT2D eigenvalue weighted by Crippen LogP contribution is 2.43. The van der Waals surface area contributed by atoms with Crippen LogP contribution in [0.15, 0.2) is 12.3 Å². The van der Waals surface area contributed by atoms with Crippen molar-refractivity contribution in [3.63, 3.8) is 0 Å². The summed E-state index contributed by atoms with van der Waals surface area (Å²) in [6.07, 6.45) is 4.31. The van der Waals surface area contributed by atoms with Crippen molar-refractivity contribution in [1.82, 2.24) is 19.9 Å². The molecule has 0 amide bonds. The van der Waals surface area contributed by atoms with Gasteiger partial charge in [-0.3, -0.25) is 4.98 Å². The lowest BCUT2D eigenvalue weighted by Crippen LogP contribution is -2.39. The van der Waals surface area contributed by atoms with Crippen LogP contribution in [-0.2, 0) is 0 Å². The summed E-state index contributed by atoms with van der Waals surface area (Å²) in [6.45, 7) is 8.02. The summed E-state index contributed by atoms with van der Waals surface area (Å²) in [6, 6.07) is 2.12. The van der Waals surface area contributed by atoms with Crippen molar-refractivity contribution in [3.8, 4) is 10.6 Å². The zero-order chi connectivity index (χ0) is 25.0. The van der Waals surface area contributed by atoms with Crippen LogP contribution in [0.2, 0.25) is 0 Å². The van der Waals surface area contributed by atoms with E-state index in [1.54, 1.807) is 17.5 Å². The van der Waals surface area contributed by atoms with Crippen LogP contribution >= 0.6 is 11.3 Å². The SMILES string of the molecule is Cc1nc(NCC2CC(F)(F)C2)nc(NC2CCC(C(C)(C)O)C2)c1-c1nc2c(C)nccc2s1. The molecule has 0 aromatic carbocycles. The smallest absolute Gasteiger partial charge is 0.248 e. The van der Waals surface area contributed by atoms with Crippen LogP contribution in [0.4, 0.5) is 20.5 Å². The Balaban J connectivity index is 1.45. The van der Waals surface area contributed by atoms with Crippen LogP contribution in [0.5, 0.6) is 0 Å². The van der Waals surface area contributed by atoms with Gasteiger partial charge in [-0.2, -0.15) is 4.98 Å². The average Bonchev–Trinajstić information content (AvgIpc) is 3.38. The minimum Gasteiger partial charge on any atom is -0.390 e. The predicted octanol–water partition coefficient (Wildman–Crippen LogP) is 5.57. The molecular weight excluding hydrogens is 470 g/mol. The van der Waals surface area contributed by atoms with E-state index >= 15 is 0 Å². The number of alkyl halides is 2. The number of hydrogen-bond acceptors (Lipinski definition) is 8. The lowest BCUT2D eigenvalue weighted by Gasteiger charge is -2.34. The third kappa shape index (κ3) is 5.09. The summed E-state index contributed by atoms with van der Waals surface area (Å²) < 4.78 is 27.5. The lowest BCUT2D eigenvalue weighted by molar-refractivity contribution is -0.106. The third-order valence-electron chi connectivity index (χ3n) is 7.29. The molecule has 0 bridgehead atoms. The number of rotatable bonds is 7. The van der Waals surface area contributed by atoms with Gasteiger partial charge in [-0.05, 0) is 64.9 Å². The summed E-state index contributed by atoms with van der Waals surface area (Å²) in [7, 11) is 0. The van der Waals surface area contributed by atoms with Gasteiger partial charge in [0.2, 0.25) is 11.9 Å². The largest absolute Gasteiger partial charge is 0.390 e. The Bertz CT molecular complexity index is 1230. The molecule has 3 N–H and O–H groups in total. The quantitative estimate of drug-likeness (QED) is 0.388. The fourth-order valence-electron chi connectivity index (χ4n) is 5.21. The van der Waals surface area contributed by atoms with Crippen LogP contribution in [0, 0.1) is 25.7 Å². The molecule has 2 fully saturated rings. The van der Waals surface area contributed by atoms with Gasteiger partial charge < -0.3 is 15.7 Å². The van der Waals surface area contributed by atoms with Crippen LogP contribution in [0.25, 0.3) is 20.8 Å². The number of nitrogens with zero attached hydrogens (tertiary/aromatic N) is 4. The minimum absolute atomic E-state index is 0.0768. The highest BCUT2D eigenvalue weighted by atomic mass is 32.1. The van der Waals surface area contributed by atoms with E-state index in [0.29, 0.717) is 18.3 Å². The van der Waals surface area contributed by atoms with E-state index < -0.39 is 11.5 Å². The molecular formula is C25H32F2N6OS. The monoisotopic (exact) mass is 502 g/mol. The number of fused-ring (bicyclic) bond motifs is 1. The first kappa shape index (κ1) is 24.2. The van der Waals surface area contributed by atoms with Crippen LogP contribution < -0.4 is 10.6 Å². The number of pyridine rings is 1. The van der Waals surface area contributed by atoms with Gasteiger partial charge in [-0.25, -0.2) is 18.7 Å². The van der Waals surface area contributed by atoms with Crippen molar-refractivity contribution in [2.75, 3.05) is 17.2 Å². The average molecular weight is 503 g/mol. The Morgan fingerprint density at radius 1 is 1.14 bits per heavy atom. The second-order valence-electron chi connectivity index (χ2n) is 10.6. The normalized spacial score (nSPS) is 22.4. The van der Waals surface area contributed by atoms with Gasteiger partial charge in [0.15, 0.2) is 0 Å². The van der Waals surface area contributed by atoms with Crippen molar-refractivity contribution < 1.29 is 13.9 Å². The van der Waals surface area contributed by atoms with Crippen molar-refractivity contribution in [2.45, 2.75) is 77.4 Å². The van der Waals surface area contributed by atoms with Crippen LogP contribution in [0.1, 0.15) is 57.3 Å². The van der Waals surface area contributed by atoms with Gasteiger partial charge in [0, 0.05) is 31.6 Å². The molecule has 35 heavy (non-hydrogen) atoms. The van der Waals surface area contributed by atoms with Gasteiger partial charge in [0.1, 0.15) is 16.3 Å². The molecule has 5 rings (SSSR count). The lowest BCUT2D eigenvalue weighted by atomic mass is 9.81. The van der Waals surface area contributed by atoms with Gasteiger partial charge in [-0.1, -0.05) is 0 Å². The van der Waals surface area contributed by atoms with Crippen LogP contribution in [0.3, 0.4) is 0 Å². The van der Waals surface area contributed by atoms with E-state index in [9.17, 15) is 13.9 Å². The van der Waals surface area contributed by atoms with Crippen molar-refractivity contribution >= 4 is 33.3 Å². The molecule has 3 aromatic rings. The molecule has 2 unspecified atom stereocenters. The maximum atomic E-state index is 13.2. The van der Waals surface area contributed by atoms with Crippen molar-refractivity contribution in [2.24, 2.45) is 11.8 Å². The van der Waals surface area contributed by atoms with Gasteiger partial charge in [0.05, 0.1) is 27.3 Å². The van der Waals surface area contributed by atoms with E-state index in [1.807, 2.05) is 33.8 Å². The standard InChI is InChI=1S/C25H32F2N6OS/c1-13-19(22-32-20-14(2)28-8-7-18(20)35-22)21(31-17-6-5-16(9-17)24(3,4)34)33-23(30-13)29-12-15-10-25(26,27)11-15/h7-8,15-17,34H,5-6,9-12H2,1-4H3,(H2,29,30,31,33). The Kier molecular flexibility index (Phi) is 6.15. The number of aryl methyl sites for hydroxylation is 2. The number of thiazole rings is 1. The van der Waals surface area contributed by atoms with Gasteiger partial charge in [0.25, 0.3) is 0 Å². The molecule has 7 nitrogen and oxygen atoms in total. The molecule has 2 aliphatic rings. The molecule has 10 heteroatoms. The highest BCUT2D eigenvalue weighted by molar-refractivity contribution is 7.21. The summed E-state index contributed by atoms with van der Waals surface area (Å²) in [5.41, 5.74) is 2.63. The number of hydrogen-bond donors (Lipinski definition) is 3. The van der Waals surface area contributed by atoms with Crippen molar-refractivity contribution in [1.29, 1.82) is 0 Å². The predicted molar refractivity (Wildman–Crippen MR) is 135 cm³/mol. The fourth-order valence-corrected chi connectivity index (χ4v) is 6.32. The van der Waals surface area contributed by atoms with Gasteiger partial charge in [-0.15, -0.1) is 11.3 Å². The first-order valence-corrected chi connectivity index (χ1v) is 13.0. The summed E-state index contributed by atoms with van der Waals surface area (Å²) in [4.78, 5) is 18.7. The number of anilines is 2. The van der Waals surface area contributed by atoms with E-state index in [0.717, 1.165) is 51.4 Å². The van der Waals surface area contributed by atoms with Crippen molar-refractivity contribution in [3.05, 3.63) is 23.7 Å². The highest BCUT2D eigenvalue weighted by Gasteiger charge is 2.45. The molecule has 2 aliphatic carbocycles. The second kappa shape index (κ2) is 8.89. The molecule has 0 aliphatic heterocycles.